The zero-order valence-corrected chi connectivity index (χ0v) is 8.69. The molecule has 0 aromatic rings. The fourth-order valence-electron chi connectivity index (χ4n) is 0.938. The molecule has 0 aliphatic rings. The van der Waals surface area contributed by atoms with Gasteiger partial charge in [0.1, 0.15) is 0 Å². The van der Waals surface area contributed by atoms with Crippen molar-refractivity contribution in [2.24, 2.45) is 0 Å². The molecule has 0 atom stereocenters. The topological polar surface area (TPSA) is 12.0 Å². The Kier molecular flexibility index (Phi) is 6.62. The molecule has 14 heavy (non-hydrogen) atoms. The number of alkyl halides is 3. The highest BCUT2D eigenvalue weighted by Gasteiger charge is 2.25. The van der Waals surface area contributed by atoms with E-state index in [-0.39, 0.29) is 6.42 Å². The van der Waals surface area contributed by atoms with Crippen molar-refractivity contribution in [2.45, 2.75) is 45.3 Å². The Hall–Kier alpha value is -0.510. The predicted octanol–water partition coefficient (Wildman–Crippen LogP) is 3.27. The van der Waals surface area contributed by atoms with Gasteiger partial charge in [0.05, 0.1) is 0 Å². The smallest absolute Gasteiger partial charge is 0.314 e. The van der Waals surface area contributed by atoms with E-state index in [2.05, 4.69) is 5.32 Å². The number of allylic oxidation sites excluding steroid dienone is 1. The van der Waals surface area contributed by atoms with Crippen LogP contribution in [0.2, 0.25) is 0 Å². The average Bonchev–Trinajstić information content (AvgIpc) is 2.00. The van der Waals surface area contributed by atoms with E-state index in [4.69, 9.17) is 0 Å². The first kappa shape index (κ1) is 13.5. The van der Waals surface area contributed by atoms with Crippen molar-refractivity contribution >= 4 is 0 Å². The molecule has 0 radical (unpaired) electrons. The van der Waals surface area contributed by atoms with E-state index in [0.29, 0.717) is 6.04 Å². The minimum absolute atomic E-state index is 0.0885. The molecule has 0 aromatic heterocycles. The zero-order chi connectivity index (χ0) is 11.0. The lowest BCUT2D eigenvalue weighted by Gasteiger charge is -2.05. The van der Waals surface area contributed by atoms with Crippen LogP contribution in [0.3, 0.4) is 0 Å². The van der Waals surface area contributed by atoms with Crippen molar-refractivity contribution in [3.05, 3.63) is 12.2 Å². The summed E-state index contributed by atoms with van der Waals surface area (Å²) in [5, 5.41) is 3.18. The molecule has 84 valence electrons. The van der Waals surface area contributed by atoms with Crippen molar-refractivity contribution in [2.75, 3.05) is 6.54 Å². The number of halogens is 3. The van der Waals surface area contributed by atoms with Gasteiger partial charge in [-0.2, -0.15) is 13.2 Å². The maximum Gasteiger partial charge on any atom is 0.389 e. The van der Waals surface area contributed by atoms with Gasteiger partial charge < -0.3 is 5.32 Å². The second-order valence-electron chi connectivity index (χ2n) is 3.52. The highest BCUT2D eigenvalue weighted by molar-refractivity contribution is 4.83. The van der Waals surface area contributed by atoms with Gasteiger partial charge in [0, 0.05) is 12.5 Å². The minimum Gasteiger partial charge on any atom is -0.314 e. The lowest BCUT2D eigenvalue weighted by molar-refractivity contribution is -0.133. The summed E-state index contributed by atoms with van der Waals surface area (Å²) in [7, 11) is 0. The third-order valence-corrected chi connectivity index (χ3v) is 1.62. The molecule has 1 N–H and O–H groups in total. The first-order valence-corrected chi connectivity index (χ1v) is 4.87. The van der Waals surface area contributed by atoms with Gasteiger partial charge in [-0.25, -0.2) is 0 Å². The number of hydrogen-bond donors (Lipinski definition) is 1. The molecule has 0 rings (SSSR count). The zero-order valence-electron chi connectivity index (χ0n) is 8.69. The molecular formula is C10H18F3N. The van der Waals surface area contributed by atoms with Crippen LogP contribution >= 0.6 is 0 Å². The van der Waals surface area contributed by atoms with Crippen LogP contribution in [0.5, 0.6) is 0 Å². The average molecular weight is 209 g/mol. The van der Waals surface area contributed by atoms with Gasteiger partial charge in [-0.05, 0) is 19.4 Å². The molecule has 0 spiro atoms. The first-order chi connectivity index (χ1) is 6.42. The largest absolute Gasteiger partial charge is 0.389 e. The number of rotatable bonds is 6. The molecule has 0 aromatic carbocycles. The Morgan fingerprint density at radius 1 is 1.14 bits per heavy atom. The molecule has 4 heteroatoms. The maximum atomic E-state index is 11.7. The SMILES string of the molecule is CC(C)NCCC=CCCC(F)(F)F. The first-order valence-electron chi connectivity index (χ1n) is 4.87. The molecule has 0 heterocycles. The summed E-state index contributed by atoms with van der Waals surface area (Å²) in [5.74, 6) is 0. The van der Waals surface area contributed by atoms with Gasteiger partial charge in [0.2, 0.25) is 0 Å². The molecule has 0 aliphatic carbocycles. The van der Waals surface area contributed by atoms with Crippen molar-refractivity contribution in [3.63, 3.8) is 0 Å². The van der Waals surface area contributed by atoms with Crippen LogP contribution < -0.4 is 5.32 Å². The fraction of sp³-hybridized carbons (Fsp3) is 0.800. The molecular weight excluding hydrogens is 191 g/mol. The summed E-state index contributed by atoms with van der Waals surface area (Å²) in [4.78, 5) is 0. The van der Waals surface area contributed by atoms with Gasteiger partial charge in [-0.3, -0.25) is 0 Å². The predicted molar refractivity (Wildman–Crippen MR) is 52.2 cm³/mol. The summed E-state index contributed by atoms with van der Waals surface area (Å²) in [6, 6.07) is 0.429. The monoisotopic (exact) mass is 209 g/mol. The lowest BCUT2D eigenvalue weighted by atomic mass is 10.2. The molecule has 0 amide bonds. The molecule has 0 aliphatic heterocycles. The summed E-state index contributed by atoms with van der Waals surface area (Å²) < 4.78 is 35.1. The van der Waals surface area contributed by atoms with Gasteiger partial charge >= 0.3 is 6.18 Å². The molecule has 1 nitrogen and oxygen atoms in total. The summed E-state index contributed by atoms with van der Waals surface area (Å²) >= 11 is 0. The van der Waals surface area contributed by atoms with E-state index in [1.165, 1.54) is 0 Å². The number of nitrogens with one attached hydrogen (secondary N) is 1. The van der Waals surface area contributed by atoms with Crippen molar-refractivity contribution in [1.29, 1.82) is 0 Å². The Bertz CT molecular complexity index is 161. The van der Waals surface area contributed by atoms with Gasteiger partial charge in [-0.1, -0.05) is 26.0 Å². The second kappa shape index (κ2) is 6.87. The van der Waals surface area contributed by atoms with E-state index in [0.717, 1.165) is 13.0 Å². The van der Waals surface area contributed by atoms with E-state index >= 15 is 0 Å². The van der Waals surface area contributed by atoms with Crippen LogP contribution in [0.1, 0.15) is 33.1 Å². The van der Waals surface area contributed by atoms with Gasteiger partial charge in [-0.15, -0.1) is 0 Å². The highest BCUT2D eigenvalue weighted by atomic mass is 19.4. The van der Waals surface area contributed by atoms with Gasteiger partial charge in [0.15, 0.2) is 0 Å². The van der Waals surface area contributed by atoms with Crippen LogP contribution in [0.4, 0.5) is 13.2 Å². The van der Waals surface area contributed by atoms with Crippen molar-refractivity contribution in [1.82, 2.24) is 5.32 Å². The molecule has 0 fully saturated rings. The third-order valence-electron chi connectivity index (χ3n) is 1.62. The van der Waals surface area contributed by atoms with Crippen molar-refractivity contribution in [3.8, 4) is 0 Å². The van der Waals surface area contributed by atoms with E-state index < -0.39 is 12.6 Å². The summed E-state index contributed by atoms with van der Waals surface area (Å²) in [6.07, 6.45) is -0.487. The maximum absolute atomic E-state index is 11.7. The molecule has 0 unspecified atom stereocenters. The Balaban J connectivity index is 3.29. The highest BCUT2D eigenvalue weighted by Crippen LogP contribution is 2.21. The molecule has 0 saturated heterocycles. The van der Waals surface area contributed by atoms with Gasteiger partial charge in [0.25, 0.3) is 0 Å². The normalized spacial score (nSPS) is 13.0. The van der Waals surface area contributed by atoms with Crippen LogP contribution in [0.15, 0.2) is 12.2 Å². The third kappa shape index (κ3) is 11.5. The van der Waals surface area contributed by atoms with Crippen molar-refractivity contribution < 1.29 is 13.2 Å². The Morgan fingerprint density at radius 3 is 2.21 bits per heavy atom. The van der Waals surface area contributed by atoms with E-state index in [9.17, 15) is 13.2 Å². The second-order valence-corrected chi connectivity index (χ2v) is 3.52. The summed E-state index contributed by atoms with van der Waals surface area (Å²) in [6.45, 7) is 4.89. The van der Waals surface area contributed by atoms with Crippen LogP contribution in [-0.4, -0.2) is 18.8 Å². The molecule has 0 bridgehead atoms. The lowest BCUT2D eigenvalue weighted by Crippen LogP contribution is -2.23. The van der Waals surface area contributed by atoms with Crippen LogP contribution in [0, 0.1) is 0 Å². The standard InChI is InChI=1S/C10H18F3N/c1-9(2)14-8-6-4-3-5-7-10(11,12)13/h3-4,9,14H,5-8H2,1-2H3. The van der Waals surface area contributed by atoms with E-state index in [1.807, 2.05) is 13.8 Å². The van der Waals surface area contributed by atoms with Crippen LogP contribution in [-0.2, 0) is 0 Å². The number of hydrogen-bond acceptors (Lipinski definition) is 1. The van der Waals surface area contributed by atoms with Crippen LogP contribution in [0.25, 0.3) is 0 Å². The summed E-state index contributed by atoms with van der Waals surface area (Å²) in [5.41, 5.74) is 0. The van der Waals surface area contributed by atoms with E-state index in [1.54, 1.807) is 12.2 Å². The minimum atomic E-state index is -4.03. The quantitative estimate of drug-likeness (QED) is 0.523. The molecule has 0 saturated carbocycles. The Morgan fingerprint density at radius 2 is 1.71 bits per heavy atom. The fourth-order valence-corrected chi connectivity index (χ4v) is 0.938. The Labute approximate surface area is 83.4 Å².